The van der Waals surface area contributed by atoms with Gasteiger partial charge in [-0.1, -0.05) is 12.1 Å². The number of ether oxygens (including phenoxy) is 1. The molecule has 0 radical (unpaired) electrons. The molecule has 0 fully saturated rings. The minimum atomic E-state index is -0.275. The van der Waals surface area contributed by atoms with Gasteiger partial charge in [0.05, 0.1) is 7.11 Å². The fourth-order valence-electron chi connectivity index (χ4n) is 2.41. The van der Waals surface area contributed by atoms with Crippen LogP contribution in [-0.2, 0) is 11.8 Å². The highest BCUT2D eigenvalue weighted by Gasteiger charge is 2.20. The van der Waals surface area contributed by atoms with Crippen molar-refractivity contribution in [3.8, 4) is 5.75 Å². The number of aromatic nitrogens is 2. The Morgan fingerprint density at radius 2 is 1.96 bits per heavy atom. The van der Waals surface area contributed by atoms with Crippen molar-refractivity contribution in [1.29, 1.82) is 0 Å². The Morgan fingerprint density at radius 1 is 1.28 bits per heavy atom. The lowest BCUT2D eigenvalue weighted by Gasteiger charge is -2.19. The first-order valence-corrected chi connectivity index (χ1v) is 7.71. The number of halogens is 2. The number of hydrogen-bond acceptors (Lipinski definition) is 4. The summed E-state index contributed by atoms with van der Waals surface area (Å²) in [5.41, 5.74) is 0.974. The number of nitrogens with one attached hydrogen (secondary N) is 2. The number of carbonyl (C=O) groups is 1. The Bertz CT molecular complexity index is 632. The molecule has 0 aliphatic carbocycles. The van der Waals surface area contributed by atoms with Crippen LogP contribution in [0, 0.1) is 0 Å². The molecule has 0 saturated heterocycles. The molecule has 0 aliphatic heterocycles. The first-order valence-electron chi connectivity index (χ1n) is 7.71. The summed E-state index contributed by atoms with van der Waals surface area (Å²) in [5.74, 6) is 1.61. The summed E-state index contributed by atoms with van der Waals surface area (Å²) in [7, 11) is 5.44. The van der Waals surface area contributed by atoms with Gasteiger partial charge in [-0.2, -0.15) is 0 Å². The molecule has 1 atom stereocenters. The summed E-state index contributed by atoms with van der Waals surface area (Å²) in [6.45, 7) is 0.822. The lowest BCUT2D eigenvalue weighted by atomic mass is 10.1. The van der Waals surface area contributed by atoms with Crippen molar-refractivity contribution in [2.45, 2.75) is 18.9 Å². The highest BCUT2D eigenvalue weighted by Crippen LogP contribution is 2.23. The van der Waals surface area contributed by atoms with Gasteiger partial charge in [-0.3, -0.25) is 4.79 Å². The number of hydrogen-bond donors (Lipinski definition) is 2. The van der Waals surface area contributed by atoms with E-state index in [4.69, 9.17) is 4.74 Å². The Kier molecular flexibility index (Phi) is 10.9. The maximum atomic E-state index is 12.2. The molecule has 2 aromatic rings. The third-order valence-corrected chi connectivity index (χ3v) is 3.70. The zero-order valence-corrected chi connectivity index (χ0v) is 16.3. The third kappa shape index (κ3) is 6.57. The summed E-state index contributed by atoms with van der Waals surface area (Å²) in [4.78, 5) is 16.6. The van der Waals surface area contributed by atoms with E-state index in [1.54, 1.807) is 13.3 Å². The number of methoxy groups -OCH3 is 1. The van der Waals surface area contributed by atoms with Crippen molar-refractivity contribution < 1.29 is 9.53 Å². The number of rotatable bonds is 8. The van der Waals surface area contributed by atoms with Crippen molar-refractivity contribution in [2.75, 3.05) is 20.7 Å². The first-order chi connectivity index (χ1) is 11.2. The van der Waals surface area contributed by atoms with Gasteiger partial charge in [0, 0.05) is 25.9 Å². The van der Waals surface area contributed by atoms with Crippen LogP contribution in [0.1, 0.15) is 30.3 Å². The quantitative estimate of drug-likeness (QED) is 0.681. The second kappa shape index (κ2) is 11.7. The van der Waals surface area contributed by atoms with Gasteiger partial charge < -0.3 is 19.9 Å². The molecular weight excluding hydrogens is 363 g/mol. The maximum Gasteiger partial charge on any atom is 0.220 e. The van der Waals surface area contributed by atoms with Gasteiger partial charge in [-0.05, 0) is 37.7 Å². The molecule has 1 heterocycles. The Morgan fingerprint density at radius 3 is 2.48 bits per heavy atom. The smallest absolute Gasteiger partial charge is 0.220 e. The molecule has 25 heavy (non-hydrogen) atoms. The topological polar surface area (TPSA) is 68.2 Å². The second-order valence-electron chi connectivity index (χ2n) is 5.38. The molecule has 1 aromatic heterocycles. The van der Waals surface area contributed by atoms with Gasteiger partial charge in [0.25, 0.3) is 0 Å². The van der Waals surface area contributed by atoms with E-state index in [0.717, 1.165) is 30.1 Å². The van der Waals surface area contributed by atoms with Gasteiger partial charge in [-0.15, -0.1) is 24.8 Å². The largest absolute Gasteiger partial charge is 0.497 e. The average Bonchev–Trinajstić information content (AvgIpc) is 2.99. The maximum absolute atomic E-state index is 12.2. The van der Waals surface area contributed by atoms with E-state index in [0.29, 0.717) is 6.42 Å². The van der Waals surface area contributed by atoms with Crippen molar-refractivity contribution in [3.05, 3.63) is 48.0 Å². The van der Waals surface area contributed by atoms with E-state index in [1.165, 1.54) is 0 Å². The number of amides is 1. The summed E-state index contributed by atoms with van der Waals surface area (Å²) in [5, 5.41) is 6.13. The van der Waals surface area contributed by atoms with Crippen LogP contribution in [-0.4, -0.2) is 36.2 Å². The predicted octanol–water partition coefficient (Wildman–Crippen LogP) is 2.48. The predicted molar refractivity (Wildman–Crippen MR) is 104 cm³/mol. The zero-order valence-electron chi connectivity index (χ0n) is 14.7. The van der Waals surface area contributed by atoms with Gasteiger partial charge >= 0.3 is 0 Å². The summed E-state index contributed by atoms with van der Waals surface area (Å²) in [6, 6.07) is 7.40. The van der Waals surface area contributed by atoms with Crippen molar-refractivity contribution in [3.63, 3.8) is 0 Å². The molecule has 1 unspecified atom stereocenters. The number of imidazole rings is 1. The van der Waals surface area contributed by atoms with Gasteiger partial charge in [0.15, 0.2) is 0 Å². The Labute approximate surface area is 161 Å². The Balaban J connectivity index is 0.00000288. The molecule has 0 aliphatic rings. The number of nitrogens with zero attached hydrogens (tertiary/aromatic N) is 2. The summed E-state index contributed by atoms with van der Waals surface area (Å²) in [6.07, 6.45) is 4.90. The molecule has 2 N–H and O–H groups in total. The van der Waals surface area contributed by atoms with Crippen LogP contribution in [0.2, 0.25) is 0 Å². The molecule has 1 aromatic carbocycles. The number of carbonyl (C=O) groups excluding carboxylic acids is 1. The number of aryl methyl sites for hydroxylation is 1. The molecule has 0 spiro atoms. The van der Waals surface area contributed by atoms with Crippen molar-refractivity contribution in [1.82, 2.24) is 20.2 Å². The summed E-state index contributed by atoms with van der Waals surface area (Å²) < 4.78 is 7.11. The lowest BCUT2D eigenvalue weighted by Crippen LogP contribution is -2.31. The average molecular weight is 389 g/mol. The molecule has 2 rings (SSSR count). The van der Waals surface area contributed by atoms with Crippen LogP contribution in [0.15, 0.2) is 36.7 Å². The molecule has 1 amide bonds. The normalized spacial score (nSPS) is 11.0. The standard InChI is InChI=1S/C17H24N4O2.2ClH/c1-18-10-4-5-15(22)20-16(17-19-11-12-21(17)2)13-6-8-14(23-3)9-7-13;;/h6-9,11-12,16,18H,4-5,10H2,1-3H3,(H,20,22);2*1H. The van der Waals surface area contributed by atoms with Crippen LogP contribution in [0.5, 0.6) is 5.75 Å². The fourth-order valence-corrected chi connectivity index (χ4v) is 2.41. The zero-order chi connectivity index (χ0) is 16.7. The van der Waals surface area contributed by atoms with E-state index in [9.17, 15) is 4.79 Å². The van der Waals surface area contributed by atoms with Crippen LogP contribution >= 0.6 is 24.8 Å². The SMILES string of the molecule is CNCCCC(=O)NC(c1ccc(OC)cc1)c1nccn1C.Cl.Cl. The molecule has 140 valence electrons. The first kappa shape index (κ1) is 23.2. The molecular formula is C17H26Cl2N4O2. The summed E-state index contributed by atoms with van der Waals surface area (Å²) >= 11 is 0. The van der Waals surface area contributed by atoms with Gasteiger partial charge in [-0.25, -0.2) is 4.98 Å². The van der Waals surface area contributed by atoms with Gasteiger partial charge in [0.1, 0.15) is 17.6 Å². The molecule has 6 nitrogen and oxygen atoms in total. The minimum absolute atomic E-state index is 0. The van der Waals surface area contributed by atoms with Crippen LogP contribution in [0.25, 0.3) is 0 Å². The van der Waals surface area contributed by atoms with E-state index >= 15 is 0 Å². The van der Waals surface area contributed by atoms with E-state index < -0.39 is 0 Å². The van der Waals surface area contributed by atoms with Crippen LogP contribution < -0.4 is 15.4 Å². The highest BCUT2D eigenvalue weighted by atomic mass is 35.5. The Hall–Kier alpha value is -1.76. The van der Waals surface area contributed by atoms with Crippen LogP contribution in [0.4, 0.5) is 0 Å². The second-order valence-corrected chi connectivity index (χ2v) is 5.38. The van der Waals surface area contributed by atoms with Gasteiger partial charge in [0.2, 0.25) is 5.91 Å². The van der Waals surface area contributed by atoms with Crippen molar-refractivity contribution in [2.24, 2.45) is 7.05 Å². The highest BCUT2D eigenvalue weighted by molar-refractivity contribution is 5.85. The monoisotopic (exact) mass is 388 g/mol. The van der Waals surface area contributed by atoms with E-state index in [1.807, 2.05) is 49.1 Å². The van der Waals surface area contributed by atoms with E-state index in [2.05, 4.69) is 15.6 Å². The van der Waals surface area contributed by atoms with Crippen LogP contribution in [0.3, 0.4) is 0 Å². The lowest BCUT2D eigenvalue weighted by molar-refractivity contribution is -0.121. The number of benzene rings is 1. The molecule has 8 heteroatoms. The fraction of sp³-hybridized carbons (Fsp3) is 0.412. The van der Waals surface area contributed by atoms with Crippen molar-refractivity contribution >= 4 is 30.7 Å². The van der Waals surface area contributed by atoms with E-state index in [-0.39, 0.29) is 36.8 Å². The molecule has 0 saturated carbocycles. The molecule has 0 bridgehead atoms. The third-order valence-electron chi connectivity index (χ3n) is 3.70. The minimum Gasteiger partial charge on any atom is -0.497 e.